The van der Waals surface area contributed by atoms with E-state index in [4.69, 9.17) is 10.5 Å². The van der Waals surface area contributed by atoms with E-state index in [9.17, 15) is 0 Å². The molecule has 2 N–H and O–H groups in total. The number of methoxy groups -OCH3 is 1. The first-order valence-electron chi connectivity index (χ1n) is 2.53. The molecule has 0 saturated heterocycles. The Balaban J connectivity index is 2.61. The lowest BCUT2D eigenvalue weighted by Gasteiger charge is -1.87. The summed E-state index contributed by atoms with van der Waals surface area (Å²) < 4.78 is 8.73. The van der Waals surface area contributed by atoms with Crippen LogP contribution in [0.4, 0.5) is 5.82 Å². The Morgan fingerprint density at radius 2 is 2.67 bits per heavy atom. The van der Waals surface area contributed by atoms with Crippen LogP contribution in [0.3, 0.4) is 0 Å². The lowest BCUT2D eigenvalue weighted by Crippen LogP contribution is -1.82. The number of nitrogen functional groups attached to an aromatic ring is 1. The minimum absolute atomic E-state index is 0.576. The Bertz CT molecular complexity index is 187. The van der Waals surface area contributed by atoms with Gasteiger partial charge in [-0.2, -0.15) is 4.37 Å². The smallest absolute Gasteiger partial charge is 0.137 e. The number of ether oxygens (including phenoxy) is 1. The van der Waals surface area contributed by atoms with E-state index in [2.05, 4.69) is 4.37 Å². The number of rotatable bonds is 2. The van der Waals surface area contributed by atoms with E-state index in [-0.39, 0.29) is 0 Å². The number of aromatic nitrogens is 1. The lowest BCUT2D eigenvalue weighted by atomic mass is 10.5. The quantitative estimate of drug-likeness (QED) is 0.670. The van der Waals surface area contributed by atoms with Gasteiger partial charge in [-0.3, -0.25) is 0 Å². The monoisotopic (exact) mass is 144 g/mol. The summed E-state index contributed by atoms with van der Waals surface area (Å²) >= 11 is 1.37. The molecule has 1 aromatic rings. The Morgan fingerprint density at radius 3 is 3.11 bits per heavy atom. The van der Waals surface area contributed by atoms with Crippen LogP contribution in [0.25, 0.3) is 0 Å². The van der Waals surface area contributed by atoms with Crippen molar-refractivity contribution in [3.63, 3.8) is 0 Å². The van der Waals surface area contributed by atoms with Crippen molar-refractivity contribution in [1.29, 1.82) is 0 Å². The molecule has 0 aliphatic rings. The van der Waals surface area contributed by atoms with Crippen molar-refractivity contribution in [3.05, 3.63) is 10.9 Å². The highest BCUT2D eigenvalue weighted by atomic mass is 32.1. The highest BCUT2D eigenvalue weighted by molar-refractivity contribution is 7.06. The third-order valence-electron chi connectivity index (χ3n) is 0.864. The molecule has 0 radical (unpaired) electrons. The van der Waals surface area contributed by atoms with Gasteiger partial charge in [-0.15, -0.1) is 0 Å². The first kappa shape index (κ1) is 6.51. The Hall–Kier alpha value is -0.610. The predicted octanol–water partition coefficient (Wildman–Crippen LogP) is 0.872. The van der Waals surface area contributed by atoms with E-state index in [1.807, 2.05) is 6.07 Å². The maximum Gasteiger partial charge on any atom is 0.137 e. The summed E-state index contributed by atoms with van der Waals surface area (Å²) in [6.45, 7) is 0.606. The van der Waals surface area contributed by atoms with Crippen molar-refractivity contribution in [3.8, 4) is 0 Å². The van der Waals surface area contributed by atoms with Crippen LogP contribution in [0.1, 0.15) is 4.88 Å². The van der Waals surface area contributed by atoms with Crippen molar-refractivity contribution in [1.82, 2.24) is 4.37 Å². The van der Waals surface area contributed by atoms with Crippen molar-refractivity contribution >= 4 is 17.4 Å². The molecule has 4 heteroatoms. The zero-order chi connectivity index (χ0) is 6.69. The summed E-state index contributed by atoms with van der Waals surface area (Å²) in [6.07, 6.45) is 0. The van der Waals surface area contributed by atoms with Gasteiger partial charge in [0.05, 0.1) is 11.5 Å². The number of nitrogens with two attached hydrogens (primary N) is 1. The summed E-state index contributed by atoms with van der Waals surface area (Å²) in [4.78, 5) is 1.06. The standard InChI is InChI=1S/C5H8N2OS/c1-8-3-4-2-5(6)7-9-4/h2H,3H2,1H3,(H2,6,7). The minimum Gasteiger partial charge on any atom is -0.383 e. The number of nitrogens with zero attached hydrogens (tertiary/aromatic N) is 1. The van der Waals surface area contributed by atoms with Gasteiger partial charge in [0.2, 0.25) is 0 Å². The topological polar surface area (TPSA) is 48.1 Å². The lowest BCUT2D eigenvalue weighted by molar-refractivity contribution is 0.187. The summed E-state index contributed by atoms with van der Waals surface area (Å²) in [5.41, 5.74) is 5.35. The molecule has 1 rings (SSSR count). The predicted molar refractivity (Wildman–Crippen MR) is 37.2 cm³/mol. The second-order valence-corrected chi connectivity index (χ2v) is 2.54. The van der Waals surface area contributed by atoms with Gasteiger partial charge in [0, 0.05) is 7.11 Å². The molecule has 1 aromatic heterocycles. The highest BCUT2D eigenvalue weighted by Crippen LogP contribution is 2.11. The third kappa shape index (κ3) is 1.65. The Kier molecular flexibility index (Phi) is 2.02. The van der Waals surface area contributed by atoms with Crippen molar-refractivity contribution in [2.45, 2.75) is 6.61 Å². The first-order chi connectivity index (χ1) is 4.33. The summed E-state index contributed by atoms with van der Waals surface area (Å²) in [7, 11) is 1.65. The molecule has 0 saturated carbocycles. The van der Waals surface area contributed by atoms with E-state index in [1.54, 1.807) is 7.11 Å². The minimum atomic E-state index is 0.576. The van der Waals surface area contributed by atoms with Gasteiger partial charge in [0.1, 0.15) is 5.82 Å². The van der Waals surface area contributed by atoms with Crippen molar-refractivity contribution in [2.75, 3.05) is 12.8 Å². The highest BCUT2D eigenvalue weighted by Gasteiger charge is 1.95. The maximum atomic E-state index is 5.35. The molecule has 50 valence electrons. The average Bonchev–Trinajstić information content (AvgIpc) is 2.17. The van der Waals surface area contributed by atoms with Gasteiger partial charge in [-0.05, 0) is 17.6 Å². The zero-order valence-corrected chi connectivity index (χ0v) is 5.94. The average molecular weight is 144 g/mol. The van der Waals surface area contributed by atoms with Gasteiger partial charge >= 0.3 is 0 Å². The van der Waals surface area contributed by atoms with Crippen LogP contribution >= 0.6 is 11.5 Å². The SMILES string of the molecule is COCc1cc(N)ns1. The van der Waals surface area contributed by atoms with Crippen molar-refractivity contribution in [2.24, 2.45) is 0 Å². The largest absolute Gasteiger partial charge is 0.383 e. The van der Waals surface area contributed by atoms with Crippen LogP contribution in [0.5, 0.6) is 0 Å². The zero-order valence-electron chi connectivity index (χ0n) is 5.13. The molecule has 9 heavy (non-hydrogen) atoms. The van der Waals surface area contributed by atoms with Gasteiger partial charge < -0.3 is 10.5 Å². The van der Waals surface area contributed by atoms with Gasteiger partial charge in [-0.25, -0.2) is 0 Å². The molecule has 0 bridgehead atoms. The molecule has 0 fully saturated rings. The van der Waals surface area contributed by atoms with Crippen LogP contribution in [0.15, 0.2) is 6.07 Å². The van der Waals surface area contributed by atoms with Crippen LogP contribution in [-0.2, 0) is 11.3 Å². The van der Waals surface area contributed by atoms with E-state index in [0.717, 1.165) is 4.88 Å². The van der Waals surface area contributed by atoms with E-state index in [1.165, 1.54) is 11.5 Å². The fourth-order valence-corrected chi connectivity index (χ4v) is 1.16. The second kappa shape index (κ2) is 2.80. The molecule has 1 heterocycles. The number of hydrogen-bond donors (Lipinski definition) is 1. The summed E-state index contributed by atoms with van der Waals surface area (Å²) in [5.74, 6) is 0.576. The molecular formula is C5H8N2OS. The van der Waals surface area contributed by atoms with E-state index in [0.29, 0.717) is 12.4 Å². The molecule has 0 aliphatic carbocycles. The van der Waals surface area contributed by atoms with Gasteiger partial charge in [0.25, 0.3) is 0 Å². The first-order valence-corrected chi connectivity index (χ1v) is 3.30. The molecule has 0 spiro atoms. The van der Waals surface area contributed by atoms with Crippen LogP contribution in [-0.4, -0.2) is 11.5 Å². The fourth-order valence-electron chi connectivity index (χ4n) is 0.539. The summed E-state index contributed by atoms with van der Waals surface area (Å²) in [6, 6.07) is 1.81. The number of anilines is 1. The van der Waals surface area contributed by atoms with E-state index < -0.39 is 0 Å². The number of hydrogen-bond acceptors (Lipinski definition) is 4. The van der Waals surface area contributed by atoms with Gasteiger partial charge in [0.15, 0.2) is 0 Å². The summed E-state index contributed by atoms with van der Waals surface area (Å²) in [5, 5.41) is 0. The third-order valence-corrected chi connectivity index (χ3v) is 1.64. The van der Waals surface area contributed by atoms with Crippen LogP contribution < -0.4 is 5.73 Å². The molecule has 0 amide bonds. The molecule has 0 aromatic carbocycles. The molecule has 0 unspecified atom stereocenters. The van der Waals surface area contributed by atoms with E-state index >= 15 is 0 Å². The Morgan fingerprint density at radius 1 is 1.89 bits per heavy atom. The maximum absolute atomic E-state index is 5.35. The fraction of sp³-hybridized carbons (Fsp3) is 0.400. The molecule has 0 aliphatic heterocycles. The molecule has 3 nitrogen and oxygen atoms in total. The van der Waals surface area contributed by atoms with Crippen LogP contribution in [0, 0.1) is 0 Å². The Labute approximate surface area is 57.6 Å². The second-order valence-electron chi connectivity index (χ2n) is 1.65. The molecule has 0 atom stereocenters. The van der Waals surface area contributed by atoms with Crippen molar-refractivity contribution < 1.29 is 4.74 Å². The normalized spacial score (nSPS) is 9.89. The molecular weight excluding hydrogens is 136 g/mol. The van der Waals surface area contributed by atoms with Gasteiger partial charge in [-0.1, -0.05) is 0 Å². The van der Waals surface area contributed by atoms with Crippen LogP contribution in [0.2, 0.25) is 0 Å².